The number of halogens is 5. The zero-order valence-electron chi connectivity index (χ0n) is 41.9. The van der Waals surface area contributed by atoms with Gasteiger partial charge in [-0.25, -0.2) is 18.2 Å². The number of likely N-dealkylation sites (tertiary alicyclic amines) is 1. The molecule has 4 heterocycles. The number of aromatic amines is 1. The number of aliphatic hydroxyl groups excluding tert-OH is 1. The Morgan fingerprint density at radius 1 is 0.944 bits per heavy atom. The van der Waals surface area contributed by atoms with Gasteiger partial charge in [-0.15, -0.1) is 11.3 Å². The molecule has 3 aromatic carbocycles. The first kappa shape index (κ1) is 54.3. The Balaban J connectivity index is 0.862. The fourth-order valence-corrected chi connectivity index (χ4v) is 10.3. The third-order valence-electron chi connectivity index (χ3n) is 13.1. The van der Waals surface area contributed by atoms with Gasteiger partial charge in [0.1, 0.15) is 35.1 Å². The number of aromatic nitrogens is 2. The van der Waals surface area contributed by atoms with E-state index in [-0.39, 0.29) is 69.5 Å². The highest BCUT2D eigenvalue weighted by molar-refractivity contribution is 7.13. The van der Waals surface area contributed by atoms with Crippen LogP contribution in [0.15, 0.2) is 66.2 Å². The minimum Gasteiger partial charge on any atom is -0.493 e. The summed E-state index contributed by atoms with van der Waals surface area (Å²) in [6.07, 6.45) is -4.67. The maximum Gasteiger partial charge on any atom is 0.436 e. The lowest BCUT2D eigenvalue weighted by atomic mass is 9.85. The van der Waals surface area contributed by atoms with Gasteiger partial charge in [0.05, 0.1) is 47.5 Å². The number of thiazole rings is 1. The van der Waals surface area contributed by atoms with Crippen LogP contribution in [0.25, 0.3) is 21.3 Å². The number of hydrogen-bond donors (Lipinski definition) is 4. The number of nitrogens with zero attached hydrogens (tertiary/aromatic N) is 3. The number of fused-ring (bicyclic) bond motifs is 3. The molecule has 390 valence electrons. The summed E-state index contributed by atoms with van der Waals surface area (Å²) >= 11 is 1.52. The highest BCUT2D eigenvalue weighted by Crippen LogP contribution is 2.44. The van der Waals surface area contributed by atoms with E-state index in [1.165, 1.54) is 25.2 Å². The van der Waals surface area contributed by atoms with Gasteiger partial charge in [-0.3, -0.25) is 19.3 Å². The van der Waals surface area contributed by atoms with Crippen LogP contribution in [0.3, 0.4) is 0 Å². The zero-order chi connectivity index (χ0) is 52.3. The number of carbonyl (C=O) groups is 3. The molecule has 0 spiro atoms. The van der Waals surface area contributed by atoms with E-state index in [0.29, 0.717) is 12.1 Å². The third kappa shape index (κ3) is 12.6. The van der Waals surface area contributed by atoms with Crippen molar-refractivity contribution >= 4 is 40.0 Å². The Hall–Kier alpha value is -5.47. The standard InChI is InChI=1S/C53H65F5N6O7S/c1-30-23-38-37-13-9-10-14-41(37)61-44(38)45(64(30)28-52(7,8)56)43-39(54)25-36(26-40(43)55)70-21-11-19-69-20-12-22-71-53(57,58)50(68)62-47(51(4,5)6)49(67)63-27-35(65)24-42(63)48(66)60-31(2)33-15-17-34(18-16-33)46-32(3)59-29-72-46/h9-10,13-18,25-26,29-31,35,42,45,47,61,65H,11-12,19-24,27-28H2,1-8H3,(H,60,66)(H,62,68)/t30-,31+,35-,42+,45-,47?/m1/s1. The number of aryl methyl sites for hydroxylation is 1. The van der Waals surface area contributed by atoms with Gasteiger partial charge in [0.2, 0.25) is 11.8 Å². The van der Waals surface area contributed by atoms with E-state index in [1.807, 2.05) is 62.4 Å². The van der Waals surface area contributed by atoms with Crippen molar-refractivity contribution < 1.29 is 55.7 Å². The smallest absolute Gasteiger partial charge is 0.436 e. The van der Waals surface area contributed by atoms with E-state index in [0.717, 1.165) is 55.2 Å². The molecule has 19 heteroatoms. The van der Waals surface area contributed by atoms with Crippen molar-refractivity contribution in [3.05, 3.63) is 106 Å². The first-order valence-corrected chi connectivity index (χ1v) is 25.2. The molecule has 7 rings (SSSR count). The maximum absolute atomic E-state index is 16.0. The first-order valence-electron chi connectivity index (χ1n) is 24.3. The van der Waals surface area contributed by atoms with Crippen LogP contribution in [0.5, 0.6) is 5.75 Å². The van der Waals surface area contributed by atoms with Gasteiger partial charge in [-0.2, -0.15) is 8.78 Å². The van der Waals surface area contributed by atoms with E-state index in [2.05, 4.69) is 25.3 Å². The van der Waals surface area contributed by atoms with Crippen molar-refractivity contribution in [1.29, 1.82) is 0 Å². The van der Waals surface area contributed by atoms with E-state index in [1.54, 1.807) is 38.1 Å². The Labute approximate surface area is 420 Å². The summed E-state index contributed by atoms with van der Waals surface area (Å²) in [7, 11) is 0. The number of H-pyrrole nitrogens is 1. The molecular weight excluding hydrogens is 960 g/mol. The second-order valence-electron chi connectivity index (χ2n) is 20.5. The molecule has 13 nitrogen and oxygen atoms in total. The predicted octanol–water partition coefficient (Wildman–Crippen LogP) is 9.12. The molecule has 1 saturated heterocycles. The molecule has 2 aliphatic heterocycles. The molecule has 0 saturated carbocycles. The highest BCUT2D eigenvalue weighted by atomic mass is 32.1. The van der Waals surface area contributed by atoms with Crippen LogP contribution >= 0.6 is 11.3 Å². The number of amides is 3. The Bertz CT molecular complexity index is 2680. The summed E-state index contributed by atoms with van der Waals surface area (Å²) in [6, 6.07) is 13.2. The van der Waals surface area contributed by atoms with Crippen LogP contribution in [0.2, 0.25) is 0 Å². The number of benzene rings is 3. The number of alkyl halides is 3. The van der Waals surface area contributed by atoms with Crippen molar-refractivity contribution in [3.63, 3.8) is 0 Å². The highest BCUT2D eigenvalue weighted by Gasteiger charge is 2.49. The normalized spacial score (nSPS) is 19.6. The summed E-state index contributed by atoms with van der Waals surface area (Å²) in [4.78, 5) is 52.2. The summed E-state index contributed by atoms with van der Waals surface area (Å²) in [5, 5.41) is 16.6. The summed E-state index contributed by atoms with van der Waals surface area (Å²) in [5.41, 5.74) is 3.87. The minimum absolute atomic E-state index is 0.0134. The second kappa shape index (κ2) is 22.3. The molecule has 0 bridgehead atoms. The molecule has 4 N–H and O–H groups in total. The van der Waals surface area contributed by atoms with Gasteiger partial charge in [-0.05, 0) is 75.6 Å². The summed E-state index contributed by atoms with van der Waals surface area (Å²) < 4.78 is 93.4. The first-order chi connectivity index (χ1) is 33.9. The quantitative estimate of drug-likeness (QED) is 0.0441. The van der Waals surface area contributed by atoms with Crippen molar-refractivity contribution in [2.45, 2.75) is 129 Å². The average Bonchev–Trinajstić information content (AvgIpc) is 4.03. The van der Waals surface area contributed by atoms with Crippen molar-refractivity contribution in [1.82, 2.24) is 30.4 Å². The molecule has 3 amide bonds. The van der Waals surface area contributed by atoms with Crippen LogP contribution in [0.1, 0.15) is 108 Å². The SMILES string of the molecule is Cc1ncsc1-c1ccc([C@H](C)NC(=O)[C@@H]2C[C@@H](O)CN2C(=O)C(NC(=O)C(F)(F)OCCCOCCCOc2cc(F)c([C@@H]3c4[nH]c5ccccc5c4C[C@@H](C)N3CC(C)(C)F)c(F)c2)C(C)(C)C)cc1. The third-order valence-corrected chi connectivity index (χ3v) is 14.1. The van der Waals surface area contributed by atoms with Gasteiger partial charge in [0.25, 0.3) is 0 Å². The molecule has 5 aromatic rings. The topological polar surface area (TPSA) is 158 Å². The number of β-amino-alcohol motifs (C(OH)–C–C–N with tert-alkyl or cyclic N) is 1. The van der Waals surface area contributed by atoms with Crippen molar-refractivity contribution in [3.8, 4) is 16.2 Å². The predicted molar refractivity (Wildman–Crippen MR) is 264 cm³/mol. The van der Waals surface area contributed by atoms with Crippen molar-refractivity contribution in [2.24, 2.45) is 5.41 Å². The Kier molecular flexibility index (Phi) is 16.8. The lowest BCUT2D eigenvalue weighted by Crippen LogP contribution is -2.60. The number of carbonyl (C=O) groups excluding carboxylic acids is 3. The zero-order valence-corrected chi connectivity index (χ0v) is 42.7. The lowest BCUT2D eigenvalue weighted by molar-refractivity contribution is -0.233. The fourth-order valence-electron chi connectivity index (χ4n) is 9.51. The summed E-state index contributed by atoms with van der Waals surface area (Å²) in [5.74, 6) is -4.94. The average molecular weight is 1030 g/mol. The van der Waals surface area contributed by atoms with Crippen LogP contribution in [-0.4, -0.2) is 118 Å². The van der Waals surface area contributed by atoms with Crippen molar-refractivity contribution in [2.75, 3.05) is 39.5 Å². The van der Waals surface area contributed by atoms with E-state index >= 15 is 22.0 Å². The number of nitrogens with one attached hydrogen (secondary N) is 3. The van der Waals surface area contributed by atoms with Crippen LogP contribution in [0, 0.1) is 24.0 Å². The number of aliphatic hydroxyl groups is 1. The van der Waals surface area contributed by atoms with Gasteiger partial charge in [0.15, 0.2) is 0 Å². The lowest BCUT2D eigenvalue weighted by Gasteiger charge is -2.43. The molecule has 2 aromatic heterocycles. The minimum atomic E-state index is -4.34. The van der Waals surface area contributed by atoms with E-state index in [9.17, 15) is 19.5 Å². The monoisotopic (exact) mass is 1020 g/mol. The molecule has 6 atom stereocenters. The molecule has 2 aliphatic rings. The maximum atomic E-state index is 16.0. The van der Waals surface area contributed by atoms with Crippen LogP contribution < -0.4 is 15.4 Å². The van der Waals surface area contributed by atoms with Gasteiger partial charge in [-0.1, -0.05) is 63.2 Å². The van der Waals surface area contributed by atoms with Gasteiger partial charge in [0, 0.05) is 79.5 Å². The van der Waals surface area contributed by atoms with Crippen LogP contribution in [0.4, 0.5) is 22.0 Å². The number of rotatable bonds is 20. The largest absolute Gasteiger partial charge is 0.493 e. The molecule has 0 aliphatic carbocycles. The van der Waals surface area contributed by atoms with Gasteiger partial charge >= 0.3 is 12.0 Å². The van der Waals surface area contributed by atoms with E-state index in [4.69, 9.17) is 9.47 Å². The fraction of sp³-hybridized carbons (Fsp3) is 0.509. The molecule has 1 unspecified atom stereocenters. The molecule has 0 radical (unpaired) electrons. The van der Waals surface area contributed by atoms with Gasteiger partial charge < -0.3 is 39.8 Å². The molecule has 72 heavy (non-hydrogen) atoms. The Morgan fingerprint density at radius 3 is 2.25 bits per heavy atom. The number of ether oxygens (including phenoxy) is 3. The number of para-hydroxylation sites is 1. The van der Waals surface area contributed by atoms with Crippen LogP contribution in [-0.2, 0) is 30.3 Å². The summed E-state index contributed by atoms with van der Waals surface area (Å²) in [6.45, 7) is 12.4. The molecule has 1 fully saturated rings. The number of hydrogen-bond acceptors (Lipinski definition) is 10. The second-order valence-corrected chi connectivity index (χ2v) is 21.4. The molecular formula is C53H65F5N6O7S. The Morgan fingerprint density at radius 2 is 1.61 bits per heavy atom. The van der Waals surface area contributed by atoms with E-state index < -0.39 is 83.4 Å².